The van der Waals surface area contributed by atoms with E-state index in [1.54, 1.807) is 50.0 Å². The quantitative estimate of drug-likeness (QED) is 0.636. The summed E-state index contributed by atoms with van der Waals surface area (Å²) < 4.78 is 5.25. The first-order chi connectivity index (χ1) is 13.6. The average molecular weight is 426 g/mol. The molecule has 2 rings (SSSR count). The van der Waals surface area contributed by atoms with Gasteiger partial charge in [0, 0.05) is 17.1 Å². The molecule has 160 valence electrons. The number of carbonyl (C=O) groups is 3. The van der Waals surface area contributed by atoms with Crippen LogP contribution in [0.2, 0.25) is 5.02 Å². The lowest BCUT2D eigenvalue weighted by molar-refractivity contribution is -0.131. The van der Waals surface area contributed by atoms with Crippen molar-refractivity contribution in [1.82, 2.24) is 26.2 Å². The lowest BCUT2D eigenvalue weighted by Gasteiger charge is -2.40. The van der Waals surface area contributed by atoms with E-state index in [4.69, 9.17) is 16.3 Å². The van der Waals surface area contributed by atoms with Crippen molar-refractivity contribution in [3.8, 4) is 0 Å². The summed E-state index contributed by atoms with van der Waals surface area (Å²) in [7, 11) is 0. The molecule has 9 nitrogen and oxygen atoms in total. The first-order valence-electron chi connectivity index (χ1n) is 9.43. The van der Waals surface area contributed by atoms with Gasteiger partial charge in [0.1, 0.15) is 5.60 Å². The topological polar surface area (TPSA) is 103 Å². The first kappa shape index (κ1) is 22.9. The third kappa shape index (κ3) is 7.19. The number of hydrogen-bond acceptors (Lipinski definition) is 6. The van der Waals surface area contributed by atoms with Gasteiger partial charge < -0.3 is 4.74 Å². The van der Waals surface area contributed by atoms with E-state index in [1.165, 1.54) is 0 Å². The maximum Gasteiger partial charge on any atom is 0.422 e. The molecule has 1 aromatic carbocycles. The van der Waals surface area contributed by atoms with Crippen molar-refractivity contribution in [1.29, 1.82) is 0 Å². The van der Waals surface area contributed by atoms with Crippen LogP contribution in [0.4, 0.5) is 4.79 Å². The van der Waals surface area contributed by atoms with Gasteiger partial charge >= 0.3 is 6.09 Å². The van der Waals surface area contributed by atoms with Crippen LogP contribution in [0.25, 0.3) is 0 Å². The highest BCUT2D eigenvalue weighted by Gasteiger charge is 2.32. The number of halogens is 1. The van der Waals surface area contributed by atoms with Crippen LogP contribution in [0.5, 0.6) is 0 Å². The number of nitrogens with zero attached hydrogens (tertiary/aromatic N) is 2. The molecule has 0 aliphatic carbocycles. The fourth-order valence-electron chi connectivity index (χ4n) is 2.86. The van der Waals surface area contributed by atoms with Crippen LogP contribution >= 0.6 is 11.6 Å². The molecule has 1 heterocycles. The average Bonchev–Trinajstić information content (AvgIpc) is 2.64. The van der Waals surface area contributed by atoms with Crippen molar-refractivity contribution in [2.24, 2.45) is 0 Å². The minimum Gasteiger partial charge on any atom is -0.443 e. The van der Waals surface area contributed by atoms with E-state index >= 15 is 0 Å². The summed E-state index contributed by atoms with van der Waals surface area (Å²) in [4.78, 5) is 38.5. The van der Waals surface area contributed by atoms with E-state index in [1.807, 2.05) is 11.8 Å². The molecule has 10 heteroatoms. The number of nitrogens with one attached hydrogen (secondary N) is 3. The zero-order valence-corrected chi connectivity index (χ0v) is 17.9. The highest BCUT2D eigenvalue weighted by atomic mass is 35.5. The smallest absolute Gasteiger partial charge is 0.422 e. The van der Waals surface area contributed by atoms with Gasteiger partial charge in [0.05, 0.1) is 12.7 Å². The van der Waals surface area contributed by atoms with Gasteiger partial charge in [-0.15, -0.1) is 0 Å². The third-order valence-electron chi connectivity index (χ3n) is 4.23. The number of rotatable bonds is 4. The minimum absolute atomic E-state index is 0.314. The second kappa shape index (κ2) is 9.91. The van der Waals surface area contributed by atoms with Crippen LogP contribution in [0.15, 0.2) is 24.3 Å². The predicted molar refractivity (Wildman–Crippen MR) is 109 cm³/mol. The number of amides is 3. The Labute approximate surface area is 175 Å². The molecule has 0 spiro atoms. The van der Waals surface area contributed by atoms with Crippen molar-refractivity contribution in [3.05, 3.63) is 34.9 Å². The van der Waals surface area contributed by atoms with Gasteiger partial charge in [0.25, 0.3) is 11.8 Å². The zero-order valence-electron chi connectivity index (χ0n) is 17.1. The van der Waals surface area contributed by atoms with Crippen molar-refractivity contribution >= 4 is 29.5 Å². The second-order valence-corrected chi connectivity index (χ2v) is 8.11. The number of carbonyl (C=O) groups excluding carboxylic acids is 3. The van der Waals surface area contributed by atoms with E-state index in [9.17, 15) is 14.4 Å². The molecule has 1 fully saturated rings. The van der Waals surface area contributed by atoms with Gasteiger partial charge in [0.15, 0.2) is 0 Å². The van der Waals surface area contributed by atoms with Gasteiger partial charge in [-0.1, -0.05) is 18.5 Å². The van der Waals surface area contributed by atoms with Crippen molar-refractivity contribution < 1.29 is 19.1 Å². The van der Waals surface area contributed by atoms with Crippen LogP contribution in [0.3, 0.4) is 0 Å². The summed E-state index contributed by atoms with van der Waals surface area (Å²) in [6.07, 6.45) is -0.0570. The summed E-state index contributed by atoms with van der Waals surface area (Å²) in [6, 6.07) is 5.92. The highest BCUT2D eigenvalue weighted by Crippen LogP contribution is 2.14. The van der Waals surface area contributed by atoms with Crippen molar-refractivity contribution in [2.75, 3.05) is 19.8 Å². The Balaban J connectivity index is 1.85. The molecule has 1 saturated heterocycles. The number of hydrazine groups is 2. The Morgan fingerprint density at radius 3 is 2.41 bits per heavy atom. The Morgan fingerprint density at radius 2 is 1.83 bits per heavy atom. The lowest BCUT2D eigenvalue weighted by atomic mass is 10.1. The molecular weight excluding hydrogens is 398 g/mol. The molecule has 0 aromatic heterocycles. The van der Waals surface area contributed by atoms with E-state index in [0.29, 0.717) is 36.8 Å². The maximum absolute atomic E-state index is 12.6. The fraction of sp³-hybridized carbons (Fsp3) is 0.526. The SMILES string of the molecule is CCN1CN(NC(=O)OC(C)(C)C)CC[C@H]1C(=O)NNC(=O)c1ccc(Cl)cc1. The third-order valence-corrected chi connectivity index (χ3v) is 4.48. The zero-order chi connectivity index (χ0) is 21.6. The van der Waals surface area contributed by atoms with Crippen LogP contribution in [-0.4, -0.2) is 59.2 Å². The molecule has 29 heavy (non-hydrogen) atoms. The Bertz CT molecular complexity index is 735. The van der Waals surface area contributed by atoms with Crippen molar-refractivity contribution in [2.45, 2.75) is 45.8 Å². The number of ether oxygens (including phenoxy) is 1. The van der Waals surface area contributed by atoms with Crippen LogP contribution in [-0.2, 0) is 9.53 Å². The largest absolute Gasteiger partial charge is 0.443 e. The second-order valence-electron chi connectivity index (χ2n) is 7.68. The molecule has 0 unspecified atom stereocenters. The van der Waals surface area contributed by atoms with Crippen LogP contribution in [0.1, 0.15) is 44.5 Å². The number of benzene rings is 1. The Morgan fingerprint density at radius 1 is 1.17 bits per heavy atom. The van der Waals surface area contributed by atoms with E-state index in [0.717, 1.165) is 0 Å². The molecule has 1 aromatic rings. The van der Waals surface area contributed by atoms with E-state index < -0.39 is 23.6 Å². The summed E-state index contributed by atoms with van der Waals surface area (Å²) in [5.41, 5.74) is 7.38. The number of hydrogen-bond donors (Lipinski definition) is 3. The van der Waals surface area contributed by atoms with Crippen molar-refractivity contribution in [3.63, 3.8) is 0 Å². The minimum atomic E-state index is -0.588. The van der Waals surface area contributed by atoms with Crippen LogP contribution in [0, 0.1) is 0 Å². The number of likely N-dealkylation sites (N-methyl/N-ethyl adjacent to an activating group) is 1. The van der Waals surface area contributed by atoms with Gasteiger partial charge in [-0.05, 0) is 58.0 Å². The summed E-state index contributed by atoms with van der Waals surface area (Å²) in [6.45, 7) is 8.72. The standard InChI is InChI=1S/C19H28ClN5O4/c1-5-24-12-25(23-18(28)29-19(2,3)4)11-10-15(24)17(27)22-21-16(26)13-6-8-14(20)9-7-13/h6-9,15H,5,10-12H2,1-4H3,(H,21,26)(H,22,27)(H,23,28)/t15-/m0/s1. The molecule has 0 bridgehead atoms. The van der Waals surface area contributed by atoms with Gasteiger partial charge in [-0.25, -0.2) is 9.80 Å². The van der Waals surface area contributed by atoms with E-state index in [2.05, 4.69) is 16.3 Å². The van der Waals surface area contributed by atoms with Gasteiger partial charge in [-0.3, -0.25) is 30.8 Å². The molecule has 3 amide bonds. The molecule has 3 N–H and O–H groups in total. The molecule has 1 aliphatic heterocycles. The van der Waals surface area contributed by atoms with Gasteiger partial charge in [0.2, 0.25) is 0 Å². The Hall–Kier alpha value is -2.36. The molecular formula is C19H28ClN5O4. The molecule has 1 aliphatic rings. The van der Waals surface area contributed by atoms with Crippen LogP contribution < -0.4 is 16.3 Å². The molecule has 0 saturated carbocycles. The maximum atomic E-state index is 12.6. The normalized spacial score (nSPS) is 18.0. The fourth-order valence-corrected chi connectivity index (χ4v) is 2.99. The summed E-state index contributed by atoms with van der Waals surface area (Å²) in [5.74, 6) is -0.742. The predicted octanol–water partition coefficient (Wildman–Crippen LogP) is 1.89. The first-order valence-corrected chi connectivity index (χ1v) is 9.81. The highest BCUT2D eigenvalue weighted by molar-refractivity contribution is 6.30. The molecule has 0 radical (unpaired) electrons. The Kier molecular flexibility index (Phi) is 7.83. The molecule has 1 atom stereocenters. The van der Waals surface area contributed by atoms with Gasteiger partial charge in [-0.2, -0.15) is 0 Å². The van der Waals surface area contributed by atoms with E-state index in [-0.39, 0.29) is 5.91 Å². The monoisotopic (exact) mass is 425 g/mol. The summed E-state index contributed by atoms with van der Waals surface area (Å²) >= 11 is 5.81. The summed E-state index contributed by atoms with van der Waals surface area (Å²) in [5, 5.41) is 2.23. The lowest BCUT2D eigenvalue weighted by Crippen LogP contribution is -2.61.